The van der Waals surface area contributed by atoms with Crippen molar-refractivity contribution in [3.63, 3.8) is 0 Å². The molecule has 0 unspecified atom stereocenters. The molecule has 1 aromatic heterocycles. The van der Waals surface area contributed by atoms with E-state index in [0.717, 1.165) is 15.9 Å². The normalized spacial score (nSPS) is 13.6. The van der Waals surface area contributed by atoms with E-state index in [1.54, 1.807) is 16.8 Å². The van der Waals surface area contributed by atoms with Gasteiger partial charge in [-0.2, -0.15) is 0 Å². The summed E-state index contributed by atoms with van der Waals surface area (Å²) in [7, 11) is 0. The molecule has 18 heavy (non-hydrogen) atoms. The maximum atomic E-state index is 12.0. The van der Waals surface area contributed by atoms with E-state index in [1.807, 2.05) is 39.0 Å². The highest BCUT2D eigenvalue weighted by atomic mass is 32.1. The second-order valence-corrected chi connectivity index (χ2v) is 6.25. The highest BCUT2D eigenvalue weighted by Crippen LogP contribution is 2.23. The van der Waals surface area contributed by atoms with E-state index in [9.17, 15) is 4.79 Å². The maximum absolute atomic E-state index is 12.0. The van der Waals surface area contributed by atoms with Crippen LogP contribution < -0.4 is 11.1 Å². The van der Waals surface area contributed by atoms with Crippen LogP contribution in [0.5, 0.6) is 0 Å². The zero-order chi connectivity index (χ0) is 13.3. The fraction of sp³-hybridized carbons (Fsp3) is 0.385. The second kappa shape index (κ2) is 4.66. The van der Waals surface area contributed by atoms with Crippen molar-refractivity contribution >= 4 is 33.1 Å². The van der Waals surface area contributed by atoms with Gasteiger partial charge in [-0.15, -0.1) is 11.3 Å². The molecule has 0 radical (unpaired) electrons. The van der Waals surface area contributed by atoms with Gasteiger partial charge in [-0.1, -0.05) is 20.8 Å². The fourth-order valence-electron chi connectivity index (χ4n) is 1.55. The lowest BCUT2D eigenvalue weighted by Gasteiger charge is -2.25. The summed E-state index contributed by atoms with van der Waals surface area (Å²) in [6.07, 6.45) is 0. The number of benzene rings is 1. The van der Waals surface area contributed by atoms with Crippen LogP contribution in [-0.4, -0.2) is 16.9 Å². The number of nitrogens with two attached hydrogens (primary N) is 1. The number of carbonyl (C=O) groups is 1. The molecule has 0 aliphatic heterocycles. The number of fused-ring (bicyclic) bond motifs is 1. The van der Waals surface area contributed by atoms with E-state index in [1.165, 1.54) is 0 Å². The van der Waals surface area contributed by atoms with Gasteiger partial charge in [0, 0.05) is 5.69 Å². The topological polar surface area (TPSA) is 68.0 Å². The number of carbonyl (C=O) groups excluding carboxylic acids is 1. The van der Waals surface area contributed by atoms with Gasteiger partial charge in [0.05, 0.1) is 21.8 Å². The highest BCUT2D eigenvalue weighted by molar-refractivity contribution is 7.16. The van der Waals surface area contributed by atoms with Crippen LogP contribution in [0.2, 0.25) is 0 Å². The molecule has 1 amide bonds. The number of nitrogens with zero attached hydrogens (tertiary/aromatic N) is 1. The molecule has 4 nitrogen and oxygen atoms in total. The fourth-order valence-corrected chi connectivity index (χ4v) is 2.26. The van der Waals surface area contributed by atoms with Crippen LogP contribution in [0.15, 0.2) is 23.7 Å². The number of rotatable bonds is 2. The van der Waals surface area contributed by atoms with Crippen molar-refractivity contribution in [1.29, 1.82) is 0 Å². The Morgan fingerprint density at radius 3 is 2.83 bits per heavy atom. The molecule has 5 heteroatoms. The molecular weight excluding hydrogens is 246 g/mol. The molecule has 1 aromatic carbocycles. The first-order valence-electron chi connectivity index (χ1n) is 5.77. The van der Waals surface area contributed by atoms with Crippen LogP contribution in [-0.2, 0) is 4.79 Å². The van der Waals surface area contributed by atoms with E-state index < -0.39 is 6.04 Å². The summed E-state index contributed by atoms with van der Waals surface area (Å²) in [5.41, 5.74) is 9.15. The molecule has 0 saturated carbocycles. The number of hydrogen-bond acceptors (Lipinski definition) is 4. The Kier molecular flexibility index (Phi) is 3.36. The van der Waals surface area contributed by atoms with Crippen molar-refractivity contribution in [1.82, 2.24) is 4.98 Å². The van der Waals surface area contributed by atoms with Crippen LogP contribution in [0.1, 0.15) is 20.8 Å². The number of hydrogen-bond donors (Lipinski definition) is 2. The number of thiazole rings is 1. The molecular formula is C13H17N3OS. The van der Waals surface area contributed by atoms with Crippen molar-refractivity contribution in [2.75, 3.05) is 5.32 Å². The summed E-state index contributed by atoms with van der Waals surface area (Å²) < 4.78 is 1.05. The van der Waals surface area contributed by atoms with Crippen LogP contribution >= 0.6 is 11.3 Å². The quantitative estimate of drug-likeness (QED) is 0.875. The standard InChI is InChI=1S/C13H17N3OS/c1-13(2,3)11(14)12(17)16-8-4-5-9-10(6-8)18-7-15-9/h4-7,11H,14H2,1-3H3,(H,16,17)/t11-/m0/s1. The van der Waals surface area contributed by atoms with Gasteiger partial charge in [0.1, 0.15) is 0 Å². The lowest BCUT2D eigenvalue weighted by atomic mass is 9.87. The Hall–Kier alpha value is -1.46. The third-order valence-electron chi connectivity index (χ3n) is 2.81. The first-order valence-corrected chi connectivity index (χ1v) is 6.65. The first-order chi connectivity index (χ1) is 8.38. The third-order valence-corrected chi connectivity index (χ3v) is 3.61. The smallest absolute Gasteiger partial charge is 0.241 e. The molecule has 0 aliphatic carbocycles. The second-order valence-electron chi connectivity index (χ2n) is 5.37. The van der Waals surface area contributed by atoms with Gasteiger partial charge in [-0.25, -0.2) is 4.98 Å². The Labute approximate surface area is 110 Å². The van der Waals surface area contributed by atoms with Crippen molar-refractivity contribution in [3.05, 3.63) is 23.7 Å². The minimum absolute atomic E-state index is 0.161. The average molecular weight is 263 g/mol. The number of nitrogens with one attached hydrogen (secondary N) is 1. The lowest BCUT2D eigenvalue weighted by molar-refractivity contribution is -0.119. The molecule has 0 aliphatic rings. The molecule has 0 fully saturated rings. The molecule has 0 spiro atoms. The highest BCUT2D eigenvalue weighted by Gasteiger charge is 2.27. The summed E-state index contributed by atoms with van der Waals surface area (Å²) in [4.78, 5) is 16.2. The van der Waals surface area contributed by atoms with Crippen LogP contribution in [0.3, 0.4) is 0 Å². The minimum atomic E-state index is -0.533. The zero-order valence-corrected chi connectivity index (χ0v) is 11.5. The van der Waals surface area contributed by atoms with Gasteiger partial charge in [0.15, 0.2) is 0 Å². The SMILES string of the molecule is CC(C)(C)[C@@H](N)C(=O)Nc1ccc2ncsc2c1. The zero-order valence-electron chi connectivity index (χ0n) is 10.7. The Morgan fingerprint density at radius 2 is 2.17 bits per heavy atom. The largest absolute Gasteiger partial charge is 0.325 e. The van der Waals surface area contributed by atoms with Gasteiger partial charge < -0.3 is 11.1 Å². The van der Waals surface area contributed by atoms with Gasteiger partial charge in [-0.3, -0.25) is 4.79 Å². The van der Waals surface area contributed by atoms with Crippen LogP contribution in [0.25, 0.3) is 10.2 Å². The number of amides is 1. The van der Waals surface area contributed by atoms with Crippen molar-refractivity contribution in [3.8, 4) is 0 Å². The monoisotopic (exact) mass is 263 g/mol. The molecule has 3 N–H and O–H groups in total. The summed E-state index contributed by atoms with van der Waals surface area (Å²) in [6.45, 7) is 5.84. The Morgan fingerprint density at radius 1 is 1.44 bits per heavy atom. The van der Waals surface area contributed by atoms with Crippen molar-refractivity contribution in [2.45, 2.75) is 26.8 Å². The van der Waals surface area contributed by atoms with E-state index in [0.29, 0.717) is 0 Å². The van der Waals surface area contributed by atoms with Crippen LogP contribution in [0, 0.1) is 5.41 Å². The van der Waals surface area contributed by atoms with E-state index in [4.69, 9.17) is 5.73 Å². The summed E-state index contributed by atoms with van der Waals surface area (Å²) in [6, 6.07) is 5.12. The molecule has 1 atom stereocenters. The molecule has 0 saturated heterocycles. The van der Waals surface area contributed by atoms with Gasteiger partial charge >= 0.3 is 0 Å². The van der Waals surface area contributed by atoms with Crippen molar-refractivity contribution in [2.24, 2.45) is 11.1 Å². The summed E-state index contributed by atoms with van der Waals surface area (Å²) in [5, 5.41) is 2.85. The predicted octanol–water partition coefficient (Wildman–Crippen LogP) is 2.61. The Balaban J connectivity index is 2.16. The Bertz CT molecular complexity index is 571. The molecule has 1 heterocycles. The van der Waals surface area contributed by atoms with Gasteiger partial charge in [0.2, 0.25) is 5.91 Å². The minimum Gasteiger partial charge on any atom is -0.325 e. The molecule has 2 rings (SSSR count). The number of aromatic nitrogens is 1. The summed E-state index contributed by atoms with van der Waals surface area (Å²) >= 11 is 1.55. The molecule has 2 aromatic rings. The van der Waals surface area contributed by atoms with Gasteiger partial charge in [0.25, 0.3) is 0 Å². The first kappa shape index (κ1) is 13.0. The molecule has 0 bridgehead atoms. The summed E-state index contributed by atoms with van der Waals surface area (Å²) in [5.74, 6) is -0.161. The third kappa shape index (κ3) is 2.68. The van der Waals surface area contributed by atoms with E-state index >= 15 is 0 Å². The average Bonchev–Trinajstić information content (AvgIpc) is 2.73. The van der Waals surface area contributed by atoms with Gasteiger partial charge in [-0.05, 0) is 23.6 Å². The van der Waals surface area contributed by atoms with Crippen LogP contribution in [0.4, 0.5) is 5.69 Å². The predicted molar refractivity (Wildman–Crippen MR) is 75.7 cm³/mol. The number of anilines is 1. The maximum Gasteiger partial charge on any atom is 0.241 e. The lowest BCUT2D eigenvalue weighted by Crippen LogP contribution is -2.45. The molecule has 96 valence electrons. The van der Waals surface area contributed by atoms with E-state index in [2.05, 4.69) is 10.3 Å². The van der Waals surface area contributed by atoms with Crippen molar-refractivity contribution < 1.29 is 4.79 Å². The van der Waals surface area contributed by atoms with E-state index in [-0.39, 0.29) is 11.3 Å².